The van der Waals surface area contributed by atoms with Crippen molar-refractivity contribution in [2.75, 3.05) is 13.1 Å². The van der Waals surface area contributed by atoms with Crippen molar-refractivity contribution in [3.05, 3.63) is 106 Å². The molecule has 3 aromatic carbocycles. The second kappa shape index (κ2) is 11.6. The molecular weight excluding hydrogens is 440 g/mol. The van der Waals surface area contributed by atoms with Crippen LogP contribution in [0.25, 0.3) is 11.4 Å². The standard InChI is InChI=1S/C28H30N4OS/c1-22-12-14-25(15-13-22)27-29-30-28(34)32(27)21-18-26(33)31(19-16-23-8-4-2-5-9-23)20-17-24-10-6-3-7-11-24/h2-15H,16-21H2,1H3,(H,30,34). The van der Waals surface area contributed by atoms with Crippen molar-refractivity contribution in [2.45, 2.75) is 32.7 Å². The molecule has 0 radical (unpaired) electrons. The Morgan fingerprint density at radius 3 is 2.00 bits per heavy atom. The lowest BCUT2D eigenvalue weighted by Gasteiger charge is -2.23. The van der Waals surface area contributed by atoms with Crippen LogP contribution in [-0.2, 0) is 24.2 Å². The number of aromatic amines is 1. The molecule has 0 saturated heterocycles. The van der Waals surface area contributed by atoms with E-state index in [0.29, 0.717) is 30.8 Å². The first-order valence-electron chi connectivity index (χ1n) is 11.7. The minimum absolute atomic E-state index is 0.129. The lowest BCUT2D eigenvalue weighted by Crippen LogP contribution is -2.35. The third kappa shape index (κ3) is 6.29. The Morgan fingerprint density at radius 2 is 1.44 bits per heavy atom. The Balaban J connectivity index is 1.45. The van der Waals surface area contributed by atoms with Crippen LogP contribution in [0, 0.1) is 11.7 Å². The minimum Gasteiger partial charge on any atom is -0.342 e. The summed E-state index contributed by atoms with van der Waals surface area (Å²) in [7, 11) is 0. The number of nitrogens with zero attached hydrogens (tertiary/aromatic N) is 3. The first kappa shape index (κ1) is 23.6. The third-order valence-corrected chi connectivity index (χ3v) is 6.31. The van der Waals surface area contributed by atoms with E-state index in [2.05, 4.69) is 53.5 Å². The summed E-state index contributed by atoms with van der Waals surface area (Å²) in [6.45, 7) is 3.93. The highest BCUT2D eigenvalue weighted by molar-refractivity contribution is 7.71. The Morgan fingerprint density at radius 1 is 0.882 bits per heavy atom. The van der Waals surface area contributed by atoms with Crippen LogP contribution in [-0.4, -0.2) is 38.7 Å². The smallest absolute Gasteiger partial charge is 0.224 e. The molecule has 34 heavy (non-hydrogen) atoms. The summed E-state index contributed by atoms with van der Waals surface area (Å²) in [5, 5.41) is 7.30. The van der Waals surface area contributed by atoms with Gasteiger partial charge in [-0.2, -0.15) is 5.10 Å². The summed E-state index contributed by atoms with van der Waals surface area (Å²) in [4.78, 5) is 15.3. The van der Waals surface area contributed by atoms with E-state index in [9.17, 15) is 4.79 Å². The number of aromatic nitrogens is 3. The van der Waals surface area contributed by atoms with Crippen molar-refractivity contribution < 1.29 is 4.79 Å². The van der Waals surface area contributed by atoms with Gasteiger partial charge in [-0.05, 0) is 43.1 Å². The van der Waals surface area contributed by atoms with Crippen LogP contribution >= 0.6 is 12.2 Å². The minimum atomic E-state index is 0.129. The molecule has 0 spiro atoms. The molecule has 6 heteroatoms. The Labute approximate surface area is 206 Å². The molecule has 1 N–H and O–H groups in total. The molecule has 0 aliphatic heterocycles. The first-order valence-corrected chi connectivity index (χ1v) is 12.1. The van der Waals surface area contributed by atoms with Gasteiger partial charge in [0, 0.05) is 31.6 Å². The highest BCUT2D eigenvalue weighted by Crippen LogP contribution is 2.18. The van der Waals surface area contributed by atoms with Gasteiger partial charge in [0.2, 0.25) is 5.91 Å². The number of nitrogens with one attached hydrogen (secondary N) is 1. The molecule has 4 rings (SSSR count). The summed E-state index contributed by atoms with van der Waals surface area (Å²) in [5.74, 6) is 0.891. The fourth-order valence-electron chi connectivity index (χ4n) is 3.99. The molecule has 1 heterocycles. The van der Waals surface area contributed by atoms with Gasteiger partial charge in [-0.15, -0.1) is 0 Å². The Kier molecular flexibility index (Phi) is 8.04. The van der Waals surface area contributed by atoms with Gasteiger partial charge >= 0.3 is 0 Å². The summed E-state index contributed by atoms with van der Waals surface area (Å²) in [6, 6.07) is 28.8. The quantitative estimate of drug-likeness (QED) is 0.306. The maximum atomic E-state index is 13.3. The largest absolute Gasteiger partial charge is 0.342 e. The number of H-pyrrole nitrogens is 1. The molecule has 0 aliphatic carbocycles. The second-order valence-corrected chi connectivity index (χ2v) is 8.86. The topological polar surface area (TPSA) is 53.9 Å². The summed E-state index contributed by atoms with van der Waals surface area (Å²) in [5.41, 5.74) is 4.64. The summed E-state index contributed by atoms with van der Waals surface area (Å²) < 4.78 is 2.45. The van der Waals surface area contributed by atoms with Crippen molar-refractivity contribution in [2.24, 2.45) is 0 Å². The molecule has 0 unspecified atom stereocenters. The molecule has 0 fully saturated rings. The SMILES string of the molecule is Cc1ccc(-c2n[nH]c(=S)n2CCC(=O)N(CCc2ccccc2)CCc2ccccc2)cc1. The van der Waals surface area contributed by atoms with Gasteiger partial charge in [-0.3, -0.25) is 14.5 Å². The van der Waals surface area contributed by atoms with Crippen LogP contribution in [0.15, 0.2) is 84.9 Å². The maximum Gasteiger partial charge on any atom is 0.224 e. The van der Waals surface area contributed by atoms with Crippen LogP contribution in [0.2, 0.25) is 0 Å². The highest BCUT2D eigenvalue weighted by atomic mass is 32.1. The van der Waals surface area contributed by atoms with E-state index in [4.69, 9.17) is 12.2 Å². The average molecular weight is 471 g/mol. The van der Waals surface area contributed by atoms with E-state index in [0.717, 1.165) is 24.2 Å². The fourth-order valence-corrected chi connectivity index (χ4v) is 4.22. The lowest BCUT2D eigenvalue weighted by molar-refractivity contribution is -0.131. The molecule has 0 saturated carbocycles. The third-order valence-electron chi connectivity index (χ3n) is 6.00. The lowest BCUT2D eigenvalue weighted by atomic mass is 10.1. The number of carbonyl (C=O) groups excluding carboxylic acids is 1. The molecular formula is C28H30N4OS. The molecule has 1 amide bonds. The van der Waals surface area contributed by atoms with Crippen molar-refractivity contribution in [1.82, 2.24) is 19.7 Å². The normalized spacial score (nSPS) is 10.9. The van der Waals surface area contributed by atoms with E-state index in [1.807, 2.05) is 58.0 Å². The number of rotatable bonds is 10. The first-order chi connectivity index (χ1) is 16.6. The van der Waals surface area contributed by atoms with Crippen molar-refractivity contribution in [3.63, 3.8) is 0 Å². The van der Waals surface area contributed by atoms with Gasteiger partial charge in [-0.1, -0.05) is 90.5 Å². The monoisotopic (exact) mass is 470 g/mol. The van der Waals surface area contributed by atoms with Crippen LogP contribution in [0.3, 0.4) is 0 Å². The van der Waals surface area contributed by atoms with E-state index < -0.39 is 0 Å². The Hall–Kier alpha value is -3.51. The van der Waals surface area contributed by atoms with Gasteiger partial charge in [0.25, 0.3) is 0 Å². The second-order valence-electron chi connectivity index (χ2n) is 8.47. The van der Waals surface area contributed by atoms with Crippen molar-refractivity contribution in [3.8, 4) is 11.4 Å². The van der Waals surface area contributed by atoms with E-state index in [-0.39, 0.29) is 5.91 Å². The van der Waals surface area contributed by atoms with Crippen LogP contribution < -0.4 is 0 Å². The van der Waals surface area contributed by atoms with Crippen LogP contribution in [0.4, 0.5) is 0 Å². The zero-order valence-electron chi connectivity index (χ0n) is 19.5. The van der Waals surface area contributed by atoms with E-state index >= 15 is 0 Å². The van der Waals surface area contributed by atoms with Crippen molar-refractivity contribution >= 4 is 18.1 Å². The maximum absolute atomic E-state index is 13.3. The Bertz CT molecular complexity index is 1200. The molecule has 4 aromatic rings. The molecule has 174 valence electrons. The molecule has 0 aliphatic rings. The number of hydrogen-bond donors (Lipinski definition) is 1. The van der Waals surface area contributed by atoms with Gasteiger partial charge in [-0.25, -0.2) is 0 Å². The zero-order chi connectivity index (χ0) is 23.8. The van der Waals surface area contributed by atoms with E-state index in [1.165, 1.54) is 16.7 Å². The number of carbonyl (C=O) groups is 1. The molecule has 0 atom stereocenters. The summed E-state index contributed by atoms with van der Waals surface area (Å²) >= 11 is 5.47. The van der Waals surface area contributed by atoms with Crippen LogP contribution in [0.5, 0.6) is 0 Å². The van der Waals surface area contributed by atoms with Gasteiger partial charge in [0.15, 0.2) is 10.6 Å². The average Bonchev–Trinajstić information content (AvgIpc) is 3.24. The summed E-state index contributed by atoms with van der Waals surface area (Å²) in [6.07, 6.45) is 2.04. The predicted octanol–water partition coefficient (Wildman–Crippen LogP) is 5.62. The van der Waals surface area contributed by atoms with Crippen LogP contribution in [0.1, 0.15) is 23.1 Å². The number of hydrogen-bond acceptors (Lipinski definition) is 3. The zero-order valence-corrected chi connectivity index (χ0v) is 20.3. The predicted molar refractivity (Wildman–Crippen MR) is 139 cm³/mol. The molecule has 1 aromatic heterocycles. The van der Waals surface area contributed by atoms with E-state index in [1.54, 1.807) is 0 Å². The van der Waals surface area contributed by atoms with Gasteiger partial charge in [0.1, 0.15) is 0 Å². The molecule has 0 bridgehead atoms. The van der Waals surface area contributed by atoms with Gasteiger partial charge < -0.3 is 4.90 Å². The highest BCUT2D eigenvalue weighted by Gasteiger charge is 2.16. The number of amides is 1. The fraction of sp³-hybridized carbons (Fsp3) is 0.250. The van der Waals surface area contributed by atoms with Crippen molar-refractivity contribution in [1.29, 1.82) is 0 Å². The molecule has 5 nitrogen and oxygen atoms in total. The number of benzene rings is 3. The van der Waals surface area contributed by atoms with Gasteiger partial charge in [0.05, 0.1) is 0 Å². The number of aryl methyl sites for hydroxylation is 1.